The standard InChI is InChI=1S/C13H19N3/c1-10(15-11(2)14)9-12-5-7-13(8-6-12)16(3)4/h5-9,15H,2,14H2,1,3-4H3/b10-9+. The van der Waals surface area contributed by atoms with Crippen LogP contribution in [0.25, 0.3) is 6.08 Å². The normalized spacial score (nSPS) is 11.1. The highest BCUT2D eigenvalue weighted by Crippen LogP contribution is 2.13. The number of anilines is 1. The van der Waals surface area contributed by atoms with Crippen LogP contribution in [0.1, 0.15) is 12.5 Å². The van der Waals surface area contributed by atoms with Crippen LogP contribution in [0.15, 0.2) is 42.4 Å². The van der Waals surface area contributed by atoms with Crippen molar-refractivity contribution in [3.8, 4) is 0 Å². The highest BCUT2D eigenvalue weighted by Gasteiger charge is 1.95. The number of allylic oxidation sites excluding steroid dienone is 1. The van der Waals surface area contributed by atoms with Crippen LogP contribution in [0.2, 0.25) is 0 Å². The van der Waals surface area contributed by atoms with E-state index < -0.39 is 0 Å². The Morgan fingerprint density at radius 2 is 1.88 bits per heavy atom. The SMILES string of the molecule is C=C(N)N/C(C)=C/c1ccc(N(C)C)cc1. The molecule has 0 aromatic heterocycles. The number of nitrogens with two attached hydrogens (primary N) is 1. The van der Waals surface area contributed by atoms with Crippen LogP contribution < -0.4 is 16.0 Å². The molecule has 3 nitrogen and oxygen atoms in total. The van der Waals surface area contributed by atoms with Crippen molar-refractivity contribution in [2.45, 2.75) is 6.92 Å². The van der Waals surface area contributed by atoms with E-state index in [4.69, 9.17) is 5.73 Å². The first-order valence-corrected chi connectivity index (χ1v) is 5.16. The van der Waals surface area contributed by atoms with Gasteiger partial charge in [-0.25, -0.2) is 0 Å². The first kappa shape index (κ1) is 12.2. The third-order valence-electron chi connectivity index (χ3n) is 2.15. The molecule has 1 rings (SSSR count). The van der Waals surface area contributed by atoms with Crippen molar-refractivity contribution in [3.05, 3.63) is 47.9 Å². The second-order valence-electron chi connectivity index (χ2n) is 3.96. The Morgan fingerprint density at radius 1 is 1.31 bits per heavy atom. The number of nitrogens with zero attached hydrogens (tertiary/aromatic N) is 1. The van der Waals surface area contributed by atoms with Gasteiger partial charge in [0.1, 0.15) is 0 Å². The van der Waals surface area contributed by atoms with Gasteiger partial charge >= 0.3 is 0 Å². The van der Waals surface area contributed by atoms with Crippen LogP contribution in [-0.4, -0.2) is 14.1 Å². The molecule has 0 fully saturated rings. The number of nitrogens with one attached hydrogen (secondary N) is 1. The lowest BCUT2D eigenvalue weighted by molar-refractivity contribution is 0.963. The van der Waals surface area contributed by atoms with Crippen molar-refractivity contribution in [1.29, 1.82) is 0 Å². The summed E-state index contributed by atoms with van der Waals surface area (Å²) in [6.45, 7) is 5.55. The molecule has 1 aromatic carbocycles. The van der Waals surface area contributed by atoms with Crippen LogP contribution in [0, 0.1) is 0 Å². The molecule has 0 unspecified atom stereocenters. The van der Waals surface area contributed by atoms with E-state index in [-0.39, 0.29) is 0 Å². The van der Waals surface area contributed by atoms with Crippen LogP contribution in [0.5, 0.6) is 0 Å². The predicted molar refractivity (Wildman–Crippen MR) is 70.9 cm³/mol. The van der Waals surface area contributed by atoms with E-state index in [9.17, 15) is 0 Å². The van der Waals surface area contributed by atoms with Crippen LogP contribution in [0.3, 0.4) is 0 Å². The van der Waals surface area contributed by atoms with Crippen LogP contribution in [-0.2, 0) is 0 Å². The molecular weight excluding hydrogens is 198 g/mol. The van der Waals surface area contributed by atoms with Gasteiger partial charge in [-0.05, 0) is 30.7 Å². The Morgan fingerprint density at radius 3 is 2.31 bits per heavy atom. The zero-order valence-electron chi connectivity index (χ0n) is 10.1. The van der Waals surface area contributed by atoms with E-state index >= 15 is 0 Å². The zero-order valence-corrected chi connectivity index (χ0v) is 10.1. The van der Waals surface area contributed by atoms with Gasteiger partial charge in [0, 0.05) is 25.5 Å². The Balaban J connectivity index is 2.78. The molecule has 3 N–H and O–H groups in total. The molecule has 0 spiro atoms. The molecule has 0 atom stereocenters. The quantitative estimate of drug-likeness (QED) is 0.812. The second-order valence-corrected chi connectivity index (χ2v) is 3.96. The highest BCUT2D eigenvalue weighted by molar-refractivity contribution is 5.57. The lowest BCUT2D eigenvalue weighted by Gasteiger charge is -2.12. The summed E-state index contributed by atoms with van der Waals surface area (Å²) in [5, 5.41) is 2.96. The molecule has 3 heteroatoms. The average Bonchev–Trinajstić information content (AvgIpc) is 2.16. The average molecular weight is 217 g/mol. The van der Waals surface area contributed by atoms with Gasteiger partial charge in [-0.3, -0.25) is 0 Å². The molecule has 86 valence electrons. The lowest BCUT2D eigenvalue weighted by Crippen LogP contribution is -2.16. The first-order valence-electron chi connectivity index (χ1n) is 5.16. The van der Waals surface area contributed by atoms with Crippen LogP contribution >= 0.6 is 0 Å². The highest BCUT2D eigenvalue weighted by atomic mass is 15.1. The first-order chi connectivity index (χ1) is 7.49. The molecule has 0 radical (unpaired) electrons. The molecule has 0 aliphatic carbocycles. The zero-order chi connectivity index (χ0) is 12.1. The van der Waals surface area contributed by atoms with E-state index in [0.29, 0.717) is 5.82 Å². The maximum Gasteiger partial charge on any atom is 0.0928 e. The van der Waals surface area contributed by atoms with Gasteiger partial charge in [-0.2, -0.15) is 0 Å². The summed E-state index contributed by atoms with van der Waals surface area (Å²) >= 11 is 0. The Labute approximate surface area is 97.3 Å². The number of rotatable bonds is 4. The molecule has 0 aliphatic heterocycles. The molecule has 0 amide bonds. The Hall–Kier alpha value is -1.90. The summed E-state index contributed by atoms with van der Waals surface area (Å²) in [5.74, 6) is 0.457. The summed E-state index contributed by atoms with van der Waals surface area (Å²) in [4.78, 5) is 2.07. The van der Waals surface area contributed by atoms with Crippen LogP contribution in [0.4, 0.5) is 5.69 Å². The molecular formula is C13H19N3. The molecule has 0 saturated heterocycles. The van der Waals surface area contributed by atoms with E-state index in [1.807, 2.05) is 27.1 Å². The minimum Gasteiger partial charge on any atom is -0.386 e. The summed E-state index contributed by atoms with van der Waals surface area (Å²) in [7, 11) is 4.05. The smallest absolute Gasteiger partial charge is 0.0928 e. The van der Waals surface area contributed by atoms with Gasteiger partial charge in [0.05, 0.1) is 5.82 Å². The van der Waals surface area contributed by atoms with Crippen molar-refractivity contribution >= 4 is 11.8 Å². The van der Waals surface area contributed by atoms with Crippen molar-refractivity contribution < 1.29 is 0 Å². The topological polar surface area (TPSA) is 41.3 Å². The summed E-state index contributed by atoms with van der Waals surface area (Å²) in [5.41, 5.74) is 8.76. The fourth-order valence-electron chi connectivity index (χ4n) is 1.41. The summed E-state index contributed by atoms with van der Waals surface area (Å²) in [6.07, 6.45) is 2.03. The lowest BCUT2D eigenvalue weighted by atomic mass is 10.1. The van der Waals surface area contributed by atoms with Crippen molar-refractivity contribution in [1.82, 2.24) is 5.32 Å². The van der Waals surface area contributed by atoms with Gasteiger partial charge in [-0.1, -0.05) is 18.7 Å². The Bertz CT molecular complexity index is 388. The maximum absolute atomic E-state index is 5.46. The number of benzene rings is 1. The number of hydrogen-bond acceptors (Lipinski definition) is 3. The van der Waals surface area contributed by atoms with E-state index in [1.54, 1.807) is 0 Å². The number of hydrogen-bond donors (Lipinski definition) is 2. The van der Waals surface area contributed by atoms with Crippen molar-refractivity contribution in [2.24, 2.45) is 5.73 Å². The molecule has 0 saturated carbocycles. The second kappa shape index (κ2) is 5.26. The largest absolute Gasteiger partial charge is 0.386 e. The van der Waals surface area contributed by atoms with Gasteiger partial charge < -0.3 is 16.0 Å². The van der Waals surface area contributed by atoms with Crippen molar-refractivity contribution in [3.63, 3.8) is 0 Å². The minimum atomic E-state index is 0.457. The van der Waals surface area contributed by atoms with Gasteiger partial charge in [0.15, 0.2) is 0 Å². The van der Waals surface area contributed by atoms with Gasteiger partial charge in [0.2, 0.25) is 0 Å². The van der Waals surface area contributed by atoms with E-state index in [1.165, 1.54) is 5.69 Å². The Kier molecular flexibility index (Phi) is 4.00. The fourth-order valence-corrected chi connectivity index (χ4v) is 1.41. The van der Waals surface area contributed by atoms with Gasteiger partial charge in [-0.15, -0.1) is 0 Å². The monoisotopic (exact) mass is 217 g/mol. The third kappa shape index (κ3) is 3.69. The fraction of sp³-hybridized carbons (Fsp3) is 0.231. The van der Waals surface area contributed by atoms with E-state index in [0.717, 1.165) is 11.3 Å². The van der Waals surface area contributed by atoms with Gasteiger partial charge in [0.25, 0.3) is 0 Å². The molecule has 0 bridgehead atoms. The minimum absolute atomic E-state index is 0.457. The molecule has 0 heterocycles. The maximum atomic E-state index is 5.46. The predicted octanol–water partition coefficient (Wildman–Crippen LogP) is 2.13. The van der Waals surface area contributed by atoms with Crippen molar-refractivity contribution in [2.75, 3.05) is 19.0 Å². The molecule has 16 heavy (non-hydrogen) atoms. The van der Waals surface area contributed by atoms with E-state index in [2.05, 4.69) is 41.1 Å². The third-order valence-corrected chi connectivity index (χ3v) is 2.15. The molecule has 0 aliphatic rings. The summed E-state index contributed by atoms with van der Waals surface area (Å²) in [6, 6.07) is 8.30. The molecule has 1 aromatic rings. The summed E-state index contributed by atoms with van der Waals surface area (Å²) < 4.78 is 0.